The second-order valence-corrected chi connectivity index (χ2v) is 6.55. The lowest BCUT2D eigenvalue weighted by Crippen LogP contribution is -2.08. The second kappa shape index (κ2) is 5.91. The van der Waals surface area contributed by atoms with E-state index in [-0.39, 0.29) is 0 Å². The molecule has 0 amide bonds. The third-order valence-corrected chi connectivity index (χ3v) is 4.58. The Labute approximate surface area is 155 Å². The van der Waals surface area contributed by atoms with Crippen molar-refractivity contribution in [2.24, 2.45) is 0 Å². The molecule has 27 heavy (non-hydrogen) atoms. The van der Waals surface area contributed by atoms with Crippen LogP contribution in [0, 0.1) is 0 Å². The van der Waals surface area contributed by atoms with Gasteiger partial charge in [0.05, 0.1) is 17.4 Å². The number of rotatable bonds is 3. The first-order valence-corrected chi connectivity index (χ1v) is 8.61. The second-order valence-electron chi connectivity index (χ2n) is 6.55. The maximum Gasteiger partial charge on any atom is 0.136 e. The molecular formula is C20H17N7. The summed E-state index contributed by atoms with van der Waals surface area (Å²) in [7, 11) is 4.05. The first-order chi connectivity index (χ1) is 13.2. The Hall–Kier alpha value is -3.74. The van der Waals surface area contributed by atoms with E-state index in [4.69, 9.17) is 10.1 Å². The number of pyridine rings is 2. The monoisotopic (exact) mass is 355 g/mol. The molecule has 0 aliphatic carbocycles. The molecule has 4 heterocycles. The van der Waals surface area contributed by atoms with Crippen molar-refractivity contribution in [3.63, 3.8) is 0 Å². The maximum absolute atomic E-state index is 4.80. The molecule has 0 radical (unpaired) electrons. The lowest BCUT2D eigenvalue weighted by molar-refractivity contribution is 0.964. The smallest absolute Gasteiger partial charge is 0.136 e. The van der Waals surface area contributed by atoms with Crippen LogP contribution in [0.15, 0.2) is 61.3 Å². The summed E-state index contributed by atoms with van der Waals surface area (Å²) in [6, 6.07) is 10.2. The van der Waals surface area contributed by atoms with Crippen molar-refractivity contribution in [3.8, 4) is 0 Å². The molecule has 0 saturated carbocycles. The molecule has 0 spiro atoms. The molecule has 0 fully saturated rings. The van der Waals surface area contributed by atoms with E-state index in [9.17, 15) is 0 Å². The summed E-state index contributed by atoms with van der Waals surface area (Å²) in [5.41, 5.74) is 6.33. The molecule has 0 unspecified atom stereocenters. The van der Waals surface area contributed by atoms with Crippen LogP contribution in [0.5, 0.6) is 0 Å². The Bertz CT molecular complexity index is 1290. The number of nitrogens with one attached hydrogen (secondary N) is 1. The van der Waals surface area contributed by atoms with Gasteiger partial charge in [0.15, 0.2) is 0 Å². The third-order valence-electron chi connectivity index (χ3n) is 4.58. The summed E-state index contributed by atoms with van der Waals surface area (Å²) in [4.78, 5) is 15.4. The van der Waals surface area contributed by atoms with E-state index in [2.05, 4.69) is 32.3 Å². The zero-order valence-corrected chi connectivity index (χ0v) is 15.0. The van der Waals surface area contributed by atoms with Gasteiger partial charge in [-0.3, -0.25) is 9.97 Å². The average molecular weight is 355 g/mol. The highest BCUT2D eigenvalue weighted by molar-refractivity contribution is 6.10. The van der Waals surface area contributed by atoms with E-state index in [0.29, 0.717) is 0 Å². The van der Waals surface area contributed by atoms with Crippen molar-refractivity contribution in [3.05, 3.63) is 61.3 Å². The van der Waals surface area contributed by atoms with Gasteiger partial charge < -0.3 is 10.2 Å². The van der Waals surface area contributed by atoms with Gasteiger partial charge in [-0.15, -0.1) is 0 Å². The number of benzene rings is 1. The minimum absolute atomic E-state index is 0.791. The fourth-order valence-electron chi connectivity index (χ4n) is 3.22. The summed E-state index contributed by atoms with van der Waals surface area (Å²) >= 11 is 0. The molecule has 1 N–H and O–H groups in total. The minimum Gasteiger partial charge on any atom is -0.378 e. The topological polar surface area (TPSA) is 71.2 Å². The van der Waals surface area contributed by atoms with Gasteiger partial charge in [0, 0.05) is 55.6 Å². The van der Waals surface area contributed by atoms with Gasteiger partial charge in [-0.2, -0.15) is 5.10 Å². The summed E-state index contributed by atoms with van der Waals surface area (Å²) in [5, 5.41) is 9.20. The SMILES string of the molecule is CN(C)c1cccc(Nc2c3cnccc3nc3c2nn2ccncc32)c1. The molecular weight excluding hydrogens is 338 g/mol. The molecule has 7 heteroatoms. The summed E-state index contributed by atoms with van der Waals surface area (Å²) < 4.78 is 1.80. The summed E-state index contributed by atoms with van der Waals surface area (Å²) in [5.74, 6) is 0. The minimum atomic E-state index is 0.791. The highest BCUT2D eigenvalue weighted by Gasteiger charge is 2.16. The molecule has 132 valence electrons. The molecule has 7 nitrogen and oxygen atoms in total. The van der Waals surface area contributed by atoms with Gasteiger partial charge in [0.2, 0.25) is 0 Å². The predicted octanol–water partition coefficient (Wildman–Crippen LogP) is 3.64. The Morgan fingerprint density at radius 2 is 1.89 bits per heavy atom. The third kappa shape index (κ3) is 2.52. The van der Waals surface area contributed by atoms with Gasteiger partial charge in [0.25, 0.3) is 0 Å². The van der Waals surface area contributed by atoms with Crippen LogP contribution in [0.3, 0.4) is 0 Å². The van der Waals surface area contributed by atoms with Crippen molar-refractivity contribution < 1.29 is 0 Å². The van der Waals surface area contributed by atoms with Gasteiger partial charge in [-0.25, -0.2) is 9.50 Å². The van der Waals surface area contributed by atoms with Gasteiger partial charge in [-0.1, -0.05) is 6.07 Å². The highest BCUT2D eigenvalue weighted by atomic mass is 15.2. The average Bonchev–Trinajstić information content (AvgIpc) is 3.07. The van der Waals surface area contributed by atoms with Crippen LogP contribution in [-0.4, -0.2) is 38.7 Å². The molecule has 0 bridgehead atoms. The number of anilines is 3. The zero-order chi connectivity index (χ0) is 18.4. The van der Waals surface area contributed by atoms with E-state index >= 15 is 0 Å². The fraction of sp³-hybridized carbons (Fsp3) is 0.100. The molecule has 5 aromatic rings. The quantitative estimate of drug-likeness (QED) is 0.533. The molecule has 1 aromatic carbocycles. The standard InChI is InChI=1S/C20H17N7/c1-26(2)14-5-3-4-13(10-14)23-18-15-11-21-7-6-16(15)24-19-17-12-22-8-9-27(17)25-20(18)19/h3-12,23H,1-2H3. The highest BCUT2D eigenvalue weighted by Crippen LogP contribution is 2.34. The van der Waals surface area contributed by atoms with Gasteiger partial charge in [-0.05, 0) is 24.3 Å². The largest absolute Gasteiger partial charge is 0.378 e. The number of hydrogen-bond acceptors (Lipinski definition) is 6. The normalized spacial score (nSPS) is 11.3. The number of aromatic nitrogens is 5. The lowest BCUT2D eigenvalue weighted by Gasteiger charge is -2.15. The summed E-state index contributed by atoms with van der Waals surface area (Å²) in [6.07, 6.45) is 8.90. The number of hydrogen-bond donors (Lipinski definition) is 1. The first-order valence-electron chi connectivity index (χ1n) is 8.61. The summed E-state index contributed by atoms with van der Waals surface area (Å²) in [6.45, 7) is 0. The predicted molar refractivity (Wildman–Crippen MR) is 108 cm³/mol. The Morgan fingerprint density at radius 3 is 2.78 bits per heavy atom. The lowest BCUT2D eigenvalue weighted by atomic mass is 10.1. The molecule has 0 saturated heterocycles. The van der Waals surface area contributed by atoms with Gasteiger partial charge in [0.1, 0.15) is 16.6 Å². The molecule has 4 aromatic heterocycles. The van der Waals surface area contributed by atoms with E-state index in [1.165, 1.54) is 0 Å². The molecule has 5 rings (SSSR count). The van der Waals surface area contributed by atoms with Gasteiger partial charge >= 0.3 is 0 Å². The maximum atomic E-state index is 4.80. The van der Waals surface area contributed by atoms with Crippen LogP contribution in [0.25, 0.3) is 27.5 Å². The Kier molecular flexibility index (Phi) is 3.39. The van der Waals surface area contributed by atoms with Crippen molar-refractivity contribution in [2.45, 2.75) is 0 Å². The molecule has 0 atom stereocenters. The van der Waals surface area contributed by atoms with Crippen LogP contribution in [-0.2, 0) is 0 Å². The Morgan fingerprint density at radius 1 is 1.00 bits per heavy atom. The molecule has 0 aliphatic heterocycles. The Balaban J connectivity index is 1.79. The number of nitrogens with zero attached hydrogens (tertiary/aromatic N) is 6. The van der Waals surface area contributed by atoms with Crippen molar-refractivity contribution >= 4 is 44.5 Å². The van der Waals surface area contributed by atoms with Crippen molar-refractivity contribution in [2.75, 3.05) is 24.3 Å². The number of fused-ring (bicyclic) bond motifs is 4. The van der Waals surface area contributed by atoms with E-state index < -0.39 is 0 Å². The van der Waals surface area contributed by atoms with Crippen LogP contribution < -0.4 is 10.2 Å². The van der Waals surface area contributed by atoms with Crippen LogP contribution in [0.4, 0.5) is 17.1 Å². The van der Waals surface area contributed by atoms with E-state index in [1.807, 2.05) is 44.7 Å². The van der Waals surface area contributed by atoms with Crippen molar-refractivity contribution in [1.29, 1.82) is 0 Å². The van der Waals surface area contributed by atoms with Crippen LogP contribution in [0.1, 0.15) is 0 Å². The first kappa shape index (κ1) is 15.5. The fourth-order valence-corrected chi connectivity index (χ4v) is 3.22. The van der Waals surface area contributed by atoms with E-state index in [1.54, 1.807) is 23.1 Å². The van der Waals surface area contributed by atoms with E-state index in [0.717, 1.165) is 44.5 Å². The zero-order valence-electron chi connectivity index (χ0n) is 15.0. The van der Waals surface area contributed by atoms with Crippen LogP contribution in [0.2, 0.25) is 0 Å². The molecule has 0 aliphatic rings. The van der Waals surface area contributed by atoms with Crippen LogP contribution >= 0.6 is 0 Å². The van der Waals surface area contributed by atoms with Crippen molar-refractivity contribution in [1.82, 2.24) is 24.6 Å².